The van der Waals surface area contributed by atoms with Gasteiger partial charge in [0.1, 0.15) is 18.3 Å². The molecule has 0 spiro atoms. The molecule has 1 N–H and O–H groups in total. The topological polar surface area (TPSA) is 115 Å². The number of amides is 2. The first-order valence-electron chi connectivity index (χ1n) is 11.2. The van der Waals surface area contributed by atoms with E-state index in [1.165, 1.54) is 16.1 Å². The quantitative estimate of drug-likeness (QED) is 0.412. The van der Waals surface area contributed by atoms with E-state index in [1.807, 2.05) is 52.1 Å². The Kier molecular flexibility index (Phi) is 8.56. The summed E-state index contributed by atoms with van der Waals surface area (Å²) < 4.78 is 11.0. The maximum absolute atomic E-state index is 13.5. The van der Waals surface area contributed by atoms with Gasteiger partial charge in [-0.15, -0.1) is 21.5 Å². The molecule has 0 fully saturated rings. The first kappa shape index (κ1) is 25.6. The second-order valence-corrected chi connectivity index (χ2v) is 9.83. The fraction of sp³-hybridized carbons (Fsp3) is 0.522. The highest BCUT2D eigenvalue weighted by molar-refractivity contribution is 7.10. The van der Waals surface area contributed by atoms with Gasteiger partial charge in [-0.25, -0.2) is 0 Å². The molecule has 0 aromatic carbocycles. The van der Waals surface area contributed by atoms with Crippen LogP contribution in [-0.4, -0.2) is 62.2 Å². The predicted molar refractivity (Wildman–Crippen MR) is 128 cm³/mol. The number of hydrogen-bond acceptors (Lipinski definition) is 8. The Balaban J connectivity index is 1.84. The average molecular weight is 489 g/mol. The van der Waals surface area contributed by atoms with Crippen LogP contribution in [0, 0.1) is 6.92 Å². The van der Waals surface area contributed by atoms with E-state index in [4.69, 9.17) is 9.15 Å². The van der Waals surface area contributed by atoms with Gasteiger partial charge in [-0.3, -0.25) is 9.59 Å². The Morgan fingerprint density at radius 1 is 1.29 bits per heavy atom. The highest BCUT2D eigenvalue weighted by Crippen LogP contribution is 2.27. The molecule has 1 unspecified atom stereocenters. The van der Waals surface area contributed by atoms with Crippen LogP contribution in [0.2, 0.25) is 0 Å². The number of thiophene rings is 1. The number of aromatic nitrogens is 4. The number of rotatable bonds is 11. The van der Waals surface area contributed by atoms with Crippen LogP contribution in [0.1, 0.15) is 50.8 Å². The lowest BCUT2D eigenvalue weighted by Gasteiger charge is -2.33. The molecule has 0 aliphatic carbocycles. The van der Waals surface area contributed by atoms with E-state index in [0.29, 0.717) is 37.8 Å². The minimum absolute atomic E-state index is 0.161. The Hall–Kier alpha value is -3.05. The third kappa shape index (κ3) is 6.97. The van der Waals surface area contributed by atoms with Crippen molar-refractivity contribution >= 4 is 23.2 Å². The van der Waals surface area contributed by atoms with Crippen molar-refractivity contribution in [3.63, 3.8) is 0 Å². The third-order valence-corrected chi connectivity index (χ3v) is 5.70. The number of nitrogens with zero attached hydrogens (tertiary/aromatic N) is 5. The third-order valence-electron chi connectivity index (χ3n) is 4.77. The van der Waals surface area contributed by atoms with Gasteiger partial charge in [-0.2, -0.15) is 4.80 Å². The molecule has 3 rings (SSSR count). The molecule has 10 nitrogen and oxygen atoms in total. The van der Waals surface area contributed by atoms with Crippen LogP contribution in [0.5, 0.6) is 0 Å². The molecule has 1 atom stereocenters. The zero-order chi connectivity index (χ0) is 24.7. The molecule has 0 saturated heterocycles. The summed E-state index contributed by atoms with van der Waals surface area (Å²) in [7, 11) is 0. The van der Waals surface area contributed by atoms with Gasteiger partial charge >= 0.3 is 0 Å². The highest BCUT2D eigenvalue weighted by atomic mass is 32.1. The molecular weight excluding hydrogens is 456 g/mol. The number of aryl methyl sites for hydroxylation is 1. The SMILES string of the molecule is CCOCCCN(C(=O)Cn1nnc(-c2ccc(C)o2)n1)C(C(=O)NC(C)(C)C)c1cccs1. The van der Waals surface area contributed by atoms with Crippen molar-refractivity contribution in [1.82, 2.24) is 30.4 Å². The summed E-state index contributed by atoms with van der Waals surface area (Å²) in [6.45, 7) is 10.7. The van der Waals surface area contributed by atoms with Crippen LogP contribution >= 0.6 is 11.3 Å². The van der Waals surface area contributed by atoms with Crippen molar-refractivity contribution in [2.45, 2.75) is 59.2 Å². The van der Waals surface area contributed by atoms with E-state index < -0.39 is 11.6 Å². The van der Waals surface area contributed by atoms with Crippen molar-refractivity contribution in [2.75, 3.05) is 19.8 Å². The first-order valence-corrected chi connectivity index (χ1v) is 12.1. The second-order valence-electron chi connectivity index (χ2n) is 8.85. The van der Waals surface area contributed by atoms with Gasteiger partial charge in [0.25, 0.3) is 0 Å². The van der Waals surface area contributed by atoms with Crippen molar-refractivity contribution in [2.24, 2.45) is 0 Å². The van der Waals surface area contributed by atoms with Crippen molar-refractivity contribution < 1.29 is 18.7 Å². The van der Waals surface area contributed by atoms with Gasteiger partial charge in [0.2, 0.25) is 17.6 Å². The predicted octanol–water partition coefficient (Wildman–Crippen LogP) is 3.21. The van der Waals surface area contributed by atoms with Gasteiger partial charge in [0.05, 0.1) is 0 Å². The standard InChI is InChI=1S/C23H32N6O4S/c1-6-32-13-8-12-28(20(18-9-7-14-34-18)22(31)24-23(3,4)5)19(30)15-29-26-21(25-27-29)17-11-10-16(2)33-17/h7,9-11,14,20H,6,8,12-13,15H2,1-5H3,(H,24,31). The van der Waals surface area contributed by atoms with Gasteiger partial charge in [0.15, 0.2) is 5.76 Å². The number of hydrogen-bond donors (Lipinski definition) is 1. The van der Waals surface area contributed by atoms with Gasteiger partial charge < -0.3 is 19.4 Å². The lowest BCUT2D eigenvalue weighted by atomic mass is 10.1. The Morgan fingerprint density at radius 3 is 2.71 bits per heavy atom. The van der Waals surface area contributed by atoms with E-state index in [2.05, 4.69) is 20.7 Å². The van der Waals surface area contributed by atoms with E-state index in [9.17, 15) is 9.59 Å². The molecule has 2 amide bonds. The highest BCUT2D eigenvalue weighted by Gasteiger charge is 2.34. The van der Waals surface area contributed by atoms with Crippen LogP contribution in [0.25, 0.3) is 11.6 Å². The molecular formula is C23H32N6O4S. The summed E-state index contributed by atoms with van der Waals surface area (Å²) >= 11 is 1.44. The number of ether oxygens (including phenoxy) is 1. The van der Waals surface area contributed by atoms with Gasteiger partial charge in [-0.1, -0.05) is 6.07 Å². The molecule has 0 radical (unpaired) electrons. The van der Waals surface area contributed by atoms with Gasteiger partial charge in [-0.05, 0) is 69.8 Å². The maximum atomic E-state index is 13.5. The van der Waals surface area contributed by atoms with E-state index >= 15 is 0 Å². The minimum Gasteiger partial charge on any atom is -0.458 e. The summed E-state index contributed by atoms with van der Waals surface area (Å²) in [4.78, 5) is 30.4. The molecule has 11 heteroatoms. The molecule has 0 aliphatic rings. The molecule has 34 heavy (non-hydrogen) atoms. The lowest BCUT2D eigenvalue weighted by molar-refractivity contribution is -0.142. The monoisotopic (exact) mass is 488 g/mol. The molecule has 0 aliphatic heterocycles. The van der Waals surface area contributed by atoms with Crippen LogP contribution in [-0.2, 0) is 20.9 Å². The van der Waals surface area contributed by atoms with Crippen molar-refractivity contribution in [3.05, 3.63) is 40.3 Å². The van der Waals surface area contributed by atoms with E-state index in [-0.39, 0.29) is 18.4 Å². The fourth-order valence-corrected chi connectivity index (χ4v) is 4.20. The molecule has 3 aromatic rings. The molecule has 0 bridgehead atoms. The van der Waals surface area contributed by atoms with Crippen LogP contribution in [0.4, 0.5) is 0 Å². The summed E-state index contributed by atoms with van der Waals surface area (Å²) in [6.07, 6.45) is 0.589. The van der Waals surface area contributed by atoms with Crippen molar-refractivity contribution in [1.29, 1.82) is 0 Å². The Morgan fingerprint density at radius 2 is 2.09 bits per heavy atom. The smallest absolute Gasteiger partial charge is 0.248 e. The zero-order valence-corrected chi connectivity index (χ0v) is 21.1. The summed E-state index contributed by atoms with van der Waals surface area (Å²) in [6, 6.07) is 6.52. The molecule has 3 aromatic heterocycles. The lowest BCUT2D eigenvalue weighted by Crippen LogP contribution is -2.50. The van der Waals surface area contributed by atoms with E-state index in [0.717, 1.165) is 10.6 Å². The molecule has 184 valence electrons. The zero-order valence-electron chi connectivity index (χ0n) is 20.3. The average Bonchev–Trinajstić information content (AvgIpc) is 3.51. The number of carbonyl (C=O) groups is 2. The van der Waals surface area contributed by atoms with E-state index in [1.54, 1.807) is 17.0 Å². The van der Waals surface area contributed by atoms with Gasteiger partial charge in [0, 0.05) is 30.2 Å². The summed E-state index contributed by atoms with van der Waals surface area (Å²) in [5.74, 6) is 0.970. The number of nitrogens with one attached hydrogen (secondary N) is 1. The normalized spacial score (nSPS) is 12.5. The van der Waals surface area contributed by atoms with Crippen LogP contribution in [0.3, 0.4) is 0 Å². The number of carbonyl (C=O) groups excluding carboxylic acids is 2. The minimum atomic E-state index is -0.774. The first-order chi connectivity index (χ1) is 16.2. The molecule has 0 saturated carbocycles. The Labute approximate surface area is 203 Å². The maximum Gasteiger partial charge on any atom is 0.248 e. The number of furan rings is 1. The largest absolute Gasteiger partial charge is 0.458 e. The summed E-state index contributed by atoms with van der Waals surface area (Å²) in [5.41, 5.74) is -0.448. The van der Waals surface area contributed by atoms with Crippen LogP contribution in [0.15, 0.2) is 34.1 Å². The van der Waals surface area contributed by atoms with Crippen molar-refractivity contribution in [3.8, 4) is 11.6 Å². The summed E-state index contributed by atoms with van der Waals surface area (Å²) in [5, 5.41) is 17.2. The molecule has 3 heterocycles. The second kappa shape index (κ2) is 11.4. The number of tetrazole rings is 1. The fourth-order valence-electron chi connectivity index (χ4n) is 3.36. The Bertz CT molecular complexity index is 1070. The van der Waals surface area contributed by atoms with Crippen LogP contribution < -0.4 is 5.32 Å².